The van der Waals surface area contributed by atoms with Gasteiger partial charge in [0.1, 0.15) is 0 Å². The molecule has 14 heavy (non-hydrogen) atoms. The summed E-state index contributed by atoms with van der Waals surface area (Å²) in [5.41, 5.74) is 1.73. The zero-order valence-corrected chi connectivity index (χ0v) is 9.13. The lowest BCUT2D eigenvalue weighted by Gasteiger charge is -2.19. The van der Waals surface area contributed by atoms with Crippen LogP contribution in [0, 0.1) is 17.8 Å². The lowest BCUT2D eigenvalue weighted by atomic mass is 9.96. The summed E-state index contributed by atoms with van der Waals surface area (Å²) in [5.74, 6) is 3.20. The van der Waals surface area contributed by atoms with E-state index in [9.17, 15) is 0 Å². The number of fused-ring (bicyclic) bond motifs is 1. The van der Waals surface area contributed by atoms with Crippen molar-refractivity contribution in [1.29, 1.82) is 0 Å². The maximum Gasteiger partial charge on any atom is 0.0310 e. The zero-order valence-electron chi connectivity index (χ0n) is 9.13. The molecule has 3 rings (SSSR count). The molecule has 0 saturated heterocycles. The molecule has 3 aliphatic rings. The highest BCUT2D eigenvalue weighted by Crippen LogP contribution is 2.60. The van der Waals surface area contributed by atoms with E-state index in [-0.39, 0.29) is 0 Å². The summed E-state index contributed by atoms with van der Waals surface area (Å²) in [6, 6.07) is 0.743. The molecule has 0 radical (unpaired) electrons. The zero-order chi connectivity index (χ0) is 9.54. The van der Waals surface area contributed by atoms with Crippen LogP contribution in [0.1, 0.15) is 38.5 Å². The van der Waals surface area contributed by atoms with E-state index >= 15 is 0 Å². The first kappa shape index (κ1) is 8.96. The van der Waals surface area contributed by atoms with Crippen LogP contribution in [0.3, 0.4) is 0 Å². The van der Waals surface area contributed by atoms with Gasteiger partial charge in [-0.2, -0.15) is 0 Å². The van der Waals surface area contributed by atoms with Gasteiger partial charge in [-0.1, -0.05) is 18.1 Å². The van der Waals surface area contributed by atoms with Crippen LogP contribution in [-0.4, -0.2) is 13.1 Å². The van der Waals surface area contributed by atoms with Crippen LogP contribution in [0.4, 0.5) is 0 Å². The highest BCUT2D eigenvalue weighted by molar-refractivity contribution is 5.22. The minimum Gasteiger partial charge on any atom is -0.313 e. The van der Waals surface area contributed by atoms with Crippen molar-refractivity contribution in [2.45, 2.75) is 44.6 Å². The van der Waals surface area contributed by atoms with Gasteiger partial charge in [0, 0.05) is 6.04 Å². The van der Waals surface area contributed by atoms with Crippen molar-refractivity contribution in [3.8, 4) is 0 Å². The van der Waals surface area contributed by atoms with E-state index in [1.165, 1.54) is 38.5 Å². The van der Waals surface area contributed by atoms with Crippen molar-refractivity contribution in [3.63, 3.8) is 0 Å². The molecule has 0 aliphatic heterocycles. The van der Waals surface area contributed by atoms with Gasteiger partial charge < -0.3 is 5.32 Å². The second-order valence-corrected chi connectivity index (χ2v) is 5.27. The molecule has 0 spiro atoms. The molecule has 2 saturated carbocycles. The Labute approximate surface area is 87.0 Å². The lowest BCUT2D eigenvalue weighted by Crippen LogP contribution is -2.30. The molecule has 2 fully saturated rings. The molecule has 0 aromatic rings. The molecule has 3 atom stereocenters. The van der Waals surface area contributed by atoms with E-state index in [0.29, 0.717) is 0 Å². The number of hydrogen-bond donors (Lipinski definition) is 1. The topological polar surface area (TPSA) is 12.0 Å². The molecule has 3 unspecified atom stereocenters. The quantitative estimate of drug-likeness (QED) is 0.676. The molecule has 78 valence electrons. The predicted molar refractivity (Wildman–Crippen MR) is 59.1 cm³/mol. The number of allylic oxidation sites excluding steroid dienone is 1. The predicted octanol–water partition coefficient (Wildman–Crippen LogP) is 2.73. The molecule has 0 bridgehead atoms. The summed E-state index contributed by atoms with van der Waals surface area (Å²) in [7, 11) is 2.15. The second-order valence-electron chi connectivity index (χ2n) is 5.27. The first-order valence-corrected chi connectivity index (χ1v) is 6.28. The van der Waals surface area contributed by atoms with Crippen molar-refractivity contribution in [2.24, 2.45) is 17.8 Å². The summed E-state index contributed by atoms with van der Waals surface area (Å²) >= 11 is 0. The van der Waals surface area contributed by atoms with Crippen LogP contribution in [0.15, 0.2) is 11.6 Å². The second kappa shape index (κ2) is 3.37. The van der Waals surface area contributed by atoms with Gasteiger partial charge in [-0.3, -0.25) is 0 Å². The minimum atomic E-state index is 0.743. The highest BCUT2D eigenvalue weighted by atomic mass is 14.9. The Kier molecular flexibility index (Phi) is 2.16. The van der Waals surface area contributed by atoms with Gasteiger partial charge in [-0.05, 0) is 56.9 Å². The summed E-state index contributed by atoms with van der Waals surface area (Å²) in [6.45, 7) is 0. The van der Waals surface area contributed by atoms with Crippen molar-refractivity contribution < 1.29 is 0 Å². The number of rotatable bonds is 3. The molecule has 1 N–H and O–H groups in total. The van der Waals surface area contributed by atoms with Crippen molar-refractivity contribution >= 4 is 0 Å². The Morgan fingerprint density at radius 2 is 2.07 bits per heavy atom. The van der Waals surface area contributed by atoms with Gasteiger partial charge >= 0.3 is 0 Å². The SMILES string of the molecule is CNC(C1=CCCC1)C1C2CCCC21. The van der Waals surface area contributed by atoms with Crippen LogP contribution in [0.5, 0.6) is 0 Å². The largest absolute Gasteiger partial charge is 0.313 e. The Hall–Kier alpha value is -0.300. The maximum absolute atomic E-state index is 3.57. The number of nitrogens with one attached hydrogen (secondary N) is 1. The molecule has 1 heteroatoms. The van der Waals surface area contributed by atoms with Gasteiger partial charge in [-0.25, -0.2) is 0 Å². The minimum absolute atomic E-state index is 0.743. The lowest BCUT2D eigenvalue weighted by molar-refractivity contribution is 0.468. The van der Waals surface area contributed by atoms with Gasteiger partial charge in [-0.15, -0.1) is 0 Å². The summed E-state index contributed by atoms with van der Waals surface area (Å²) < 4.78 is 0. The fraction of sp³-hybridized carbons (Fsp3) is 0.846. The van der Waals surface area contributed by atoms with E-state index < -0.39 is 0 Å². The summed E-state index contributed by atoms with van der Waals surface area (Å²) in [5, 5.41) is 3.57. The maximum atomic E-state index is 3.57. The van der Waals surface area contributed by atoms with E-state index in [1.807, 2.05) is 0 Å². The van der Waals surface area contributed by atoms with Crippen LogP contribution in [0.2, 0.25) is 0 Å². The fourth-order valence-electron chi connectivity index (χ4n) is 3.97. The van der Waals surface area contributed by atoms with Gasteiger partial charge in [0.15, 0.2) is 0 Å². The Morgan fingerprint density at radius 1 is 1.29 bits per heavy atom. The van der Waals surface area contributed by atoms with Gasteiger partial charge in [0.05, 0.1) is 0 Å². The van der Waals surface area contributed by atoms with Crippen molar-refractivity contribution in [2.75, 3.05) is 7.05 Å². The van der Waals surface area contributed by atoms with Crippen LogP contribution in [0.25, 0.3) is 0 Å². The normalized spacial score (nSPS) is 42.1. The van der Waals surface area contributed by atoms with E-state index in [1.54, 1.807) is 5.57 Å². The molecular formula is C13H21N. The third kappa shape index (κ3) is 1.25. The standard InChI is InChI=1S/C13H21N/c1-14-13(9-5-2-3-6-9)12-10-7-4-8-11(10)12/h5,10-14H,2-4,6-8H2,1H3. The third-order valence-corrected chi connectivity index (χ3v) is 4.64. The highest BCUT2D eigenvalue weighted by Gasteiger charge is 2.55. The van der Waals surface area contributed by atoms with E-state index in [2.05, 4.69) is 18.4 Å². The van der Waals surface area contributed by atoms with E-state index in [4.69, 9.17) is 0 Å². The molecular weight excluding hydrogens is 170 g/mol. The van der Waals surface area contributed by atoms with E-state index in [0.717, 1.165) is 23.8 Å². The fourth-order valence-corrected chi connectivity index (χ4v) is 3.97. The van der Waals surface area contributed by atoms with Crippen LogP contribution in [-0.2, 0) is 0 Å². The average molecular weight is 191 g/mol. The Balaban J connectivity index is 1.70. The smallest absolute Gasteiger partial charge is 0.0310 e. The van der Waals surface area contributed by atoms with Gasteiger partial charge in [0.25, 0.3) is 0 Å². The Bertz CT molecular complexity index is 246. The van der Waals surface area contributed by atoms with Gasteiger partial charge in [0.2, 0.25) is 0 Å². The first-order chi connectivity index (χ1) is 6.92. The molecule has 0 amide bonds. The van der Waals surface area contributed by atoms with Crippen LogP contribution >= 0.6 is 0 Å². The third-order valence-electron chi connectivity index (χ3n) is 4.64. The van der Waals surface area contributed by atoms with Crippen molar-refractivity contribution in [3.05, 3.63) is 11.6 Å². The number of hydrogen-bond acceptors (Lipinski definition) is 1. The van der Waals surface area contributed by atoms with Crippen molar-refractivity contribution in [1.82, 2.24) is 5.32 Å². The molecule has 0 heterocycles. The molecule has 1 nitrogen and oxygen atoms in total. The first-order valence-electron chi connectivity index (χ1n) is 6.28. The summed E-state index contributed by atoms with van der Waals surface area (Å²) in [4.78, 5) is 0. The molecule has 0 aromatic carbocycles. The monoisotopic (exact) mass is 191 g/mol. The van der Waals surface area contributed by atoms with Crippen LogP contribution < -0.4 is 5.32 Å². The Morgan fingerprint density at radius 3 is 2.64 bits per heavy atom. The number of likely N-dealkylation sites (N-methyl/N-ethyl adjacent to an activating group) is 1. The molecule has 0 aromatic heterocycles. The summed E-state index contributed by atoms with van der Waals surface area (Å²) in [6.07, 6.45) is 11.1. The molecule has 3 aliphatic carbocycles. The average Bonchev–Trinajstić information content (AvgIpc) is 2.67.